The van der Waals surface area contributed by atoms with E-state index in [2.05, 4.69) is 10.3 Å². The molecule has 0 unspecified atom stereocenters. The molecule has 1 aromatic heterocycles. The number of nitrogen functional groups attached to an aromatic ring is 1. The van der Waals surface area contributed by atoms with Crippen molar-refractivity contribution in [2.75, 3.05) is 11.1 Å². The van der Waals surface area contributed by atoms with Crippen molar-refractivity contribution in [3.8, 4) is 12.1 Å². The average molecular weight is 392 g/mol. The van der Waals surface area contributed by atoms with Gasteiger partial charge in [0.25, 0.3) is 5.82 Å². The Morgan fingerprint density at radius 3 is 2.48 bits per heavy atom. The second-order valence-electron chi connectivity index (χ2n) is 5.36. The molecule has 1 aromatic carbocycles. The van der Waals surface area contributed by atoms with E-state index in [1.807, 2.05) is 12.1 Å². The molecule has 1 heterocycles. The quantitative estimate of drug-likeness (QED) is 0.776. The number of nitrogens with zero attached hydrogens (tertiary/aromatic N) is 2. The molecule has 0 aliphatic carbocycles. The standard InChI is InChI=1S/C17H12F3N5OS/c1-9(27-16-11(8-22)6-10(7-21)14(23)25-16)15(26)24-13-5-3-2-4-12(13)17(18,19)20/h2-6,9H,1H3,(H2,23,25)(H,24,26)/p+1/t9-/m1/s1. The number of aromatic nitrogens is 1. The molecule has 138 valence electrons. The summed E-state index contributed by atoms with van der Waals surface area (Å²) in [5.41, 5.74) is 4.54. The minimum atomic E-state index is -4.61. The van der Waals surface area contributed by atoms with Crippen LogP contribution >= 0.6 is 11.8 Å². The second-order valence-corrected chi connectivity index (χ2v) is 6.71. The number of carbonyl (C=O) groups is 1. The van der Waals surface area contributed by atoms with Crippen molar-refractivity contribution in [3.63, 3.8) is 0 Å². The first-order chi connectivity index (χ1) is 12.7. The SMILES string of the molecule is C[C@@H](Sc1[nH+]c(N)c(C#N)cc1C#N)C(=O)Nc1ccccc1C(F)(F)F. The van der Waals surface area contributed by atoms with Crippen molar-refractivity contribution >= 4 is 29.2 Å². The third kappa shape index (κ3) is 4.68. The fourth-order valence-electron chi connectivity index (χ4n) is 2.12. The largest absolute Gasteiger partial charge is 0.418 e. The van der Waals surface area contributed by atoms with Gasteiger partial charge < -0.3 is 5.32 Å². The molecular weight excluding hydrogens is 379 g/mol. The van der Waals surface area contributed by atoms with Gasteiger partial charge in [0.1, 0.15) is 23.3 Å². The van der Waals surface area contributed by atoms with Gasteiger partial charge in [-0.25, -0.2) is 4.98 Å². The van der Waals surface area contributed by atoms with Gasteiger partial charge in [0.2, 0.25) is 5.91 Å². The van der Waals surface area contributed by atoms with E-state index in [0.29, 0.717) is 0 Å². The maximum absolute atomic E-state index is 13.0. The molecule has 2 aromatic rings. The molecule has 0 fully saturated rings. The highest BCUT2D eigenvalue weighted by molar-refractivity contribution is 8.00. The lowest BCUT2D eigenvalue weighted by molar-refractivity contribution is -0.410. The molecule has 27 heavy (non-hydrogen) atoms. The summed E-state index contributed by atoms with van der Waals surface area (Å²) in [6.07, 6.45) is -4.61. The molecule has 1 atom stereocenters. The van der Waals surface area contributed by atoms with Crippen LogP contribution in [0.2, 0.25) is 0 Å². The minimum absolute atomic E-state index is 0.0222. The van der Waals surface area contributed by atoms with Crippen LogP contribution in [0.5, 0.6) is 0 Å². The van der Waals surface area contributed by atoms with E-state index in [9.17, 15) is 23.2 Å². The van der Waals surface area contributed by atoms with Crippen LogP contribution in [0.25, 0.3) is 0 Å². The van der Waals surface area contributed by atoms with Crippen LogP contribution in [0.3, 0.4) is 0 Å². The molecule has 0 saturated carbocycles. The molecule has 0 spiro atoms. The summed E-state index contributed by atoms with van der Waals surface area (Å²) in [6, 6.07) is 9.62. The van der Waals surface area contributed by atoms with Gasteiger partial charge in [-0.2, -0.15) is 23.7 Å². The number of carbonyl (C=O) groups excluding carboxylic acids is 1. The predicted octanol–water partition coefficient (Wildman–Crippen LogP) is 2.96. The number of para-hydroxylation sites is 1. The van der Waals surface area contributed by atoms with Gasteiger partial charge in [0.15, 0.2) is 5.03 Å². The fraction of sp³-hybridized carbons (Fsp3) is 0.176. The number of hydrogen-bond acceptors (Lipinski definition) is 5. The lowest BCUT2D eigenvalue weighted by Gasteiger charge is -2.16. The zero-order chi connectivity index (χ0) is 20.2. The van der Waals surface area contributed by atoms with Crippen molar-refractivity contribution in [2.24, 2.45) is 0 Å². The van der Waals surface area contributed by atoms with Crippen molar-refractivity contribution in [3.05, 3.63) is 47.0 Å². The van der Waals surface area contributed by atoms with E-state index in [4.69, 9.17) is 11.0 Å². The van der Waals surface area contributed by atoms with E-state index < -0.39 is 22.9 Å². The molecule has 1 amide bonds. The van der Waals surface area contributed by atoms with Crippen LogP contribution in [0.1, 0.15) is 23.6 Å². The Balaban J connectivity index is 2.23. The maximum atomic E-state index is 13.0. The van der Waals surface area contributed by atoms with Crippen LogP contribution in [-0.4, -0.2) is 11.2 Å². The number of nitrogens with two attached hydrogens (primary N) is 1. The summed E-state index contributed by atoms with van der Waals surface area (Å²) in [7, 11) is 0. The molecule has 2 rings (SSSR count). The fourth-order valence-corrected chi connectivity index (χ4v) is 3.04. The number of benzene rings is 1. The summed E-state index contributed by atoms with van der Waals surface area (Å²) in [5.74, 6) is -0.661. The highest BCUT2D eigenvalue weighted by atomic mass is 32.2. The monoisotopic (exact) mass is 392 g/mol. The van der Waals surface area contributed by atoms with Crippen molar-refractivity contribution in [1.29, 1.82) is 10.5 Å². The van der Waals surface area contributed by atoms with Gasteiger partial charge in [-0.15, -0.1) is 0 Å². The Kier molecular flexibility index (Phi) is 5.93. The van der Waals surface area contributed by atoms with E-state index >= 15 is 0 Å². The van der Waals surface area contributed by atoms with Crippen LogP contribution in [-0.2, 0) is 11.0 Å². The highest BCUT2D eigenvalue weighted by Gasteiger charge is 2.34. The van der Waals surface area contributed by atoms with Crippen LogP contribution in [0.15, 0.2) is 35.4 Å². The topological polar surface area (TPSA) is 117 Å². The second kappa shape index (κ2) is 7.98. The van der Waals surface area contributed by atoms with E-state index in [1.54, 1.807) is 0 Å². The maximum Gasteiger partial charge on any atom is 0.418 e. The van der Waals surface area contributed by atoms with Gasteiger partial charge in [-0.3, -0.25) is 10.5 Å². The van der Waals surface area contributed by atoms with Crippen LogP contribution < -0.4 is 16.0 Å². The summed E-state index contributed by atoms with van der Waals surface area (Å²) >= 11 is 0.908. The molecule has 6 nitrogen and oxygen atoms in total. The molecule has 0 bridgehead atoms. The minimum Gasteiger partial charge on any atom is -0.325 e. The number of hydrogen-bond donors (Lipinski definition) is 2. The average Bonchev–Trinajstić information content (AvgIpc) is 2.61. The van der Waals surface area contributed by atoms with Gasteiger partial charge in [-0.05, 0) is 25.1 Å². The molecule has 4 N–H and O–H groups in total. The zero-order valence-corrected chi connectivity index (χ0v) is 14.7. The van der Waals surface area contributed by atoms with Gasteiger partial charge in [-0.1, -0.05) is 23.9 Å². The summed E-state index contributed by atoms with van der Waals surface area (Å²) < 4.78 is 39.1. The third-order valence-corrected chi connectivity index (χ3v) is 4.59. The molecule has 0 aliphatic heterocycles. The first kappa shape index (κ1) is 20.1. The number of halogens is 3. The number of alkyl halides is 3. The molecular formula is C17H13F3N5OS+. The number of amides is 1. The van der Waals surface area contributed by atoms with Crippen molar-refractivity contribution < 1.29 is 22.9 Å². The Bertz CT molecular complexity index is 963. The van der Waals surface area contributed by atoms with E-state index in [1.165, 1.54) is 25.1 Å². The Hall–Kier alpha value is -3.24. The summed E-state index contributed by atoms with van der Waals surface area (Å²) in [4.78, 5) is 15.0. The number of aromatic amines is 1. The zero-order valence-electron chi connectivity index (χ0n) is 13.9. The number of H-pyrrole nitrogens is 1. The Morgan fingerprint density at radius 1 is 1.26 bits per heavy atom. The van der Waals surface area contributed by atoms with Crippen LogP contribution in [0.4, 0.5) is 24.7 Å². The van der Waals surface area contributed by atoms with Crippen molar-refractivity contribution in [2.45, 2.75) is 23.4 Å². The Labute approximate surface area is 156 Å². The lowest BCUT2D eigenvalue weighted by atomic mass is 10.1. The highest BCUT2D eigenvalue weighted by Crippen LogP contribution is 2.35. The van der Waals surface area contributed by atoms with Gasteiger partial charge >= 0.3 is 6.18 Å². The number of pyridine rings is 1. The van der Waals surface area contributed by atoms with Gasteiger partial charge in [0, 0.05) is 0 Å². The Morgan fingerprint density at radius 2 is 1.89 bits per heavy atom. The number of nitrogens with one attached hydrogen (secondary N) is 2. The molecule has 10 heteroatoms. The van der Waals surface area contributed by atoms with Gasteiger partial charge in [0.05, 0.1) is 16.5 Å². The molecule has 0 aliphatic rings. The third-order valence-electron chi connectivity index (χ3n) is 3.47. The molecule has 0 radical (unpaired) electrons. The molecule has 0 saturated heterocycles. The first-order valence-electron chi connectivity index (χ1n) is 7.47. The predicted molar refractivity (Wildman–Crippen MR) is 92.2 cm³/mol. The normalized spacial score (nSPS) is 11.9. The van der Waals surface area contributed by atoms with Crippen LogP contribution in [0, 0.1) is 22.7 Å². The lowest BCUT2D eigenvalue weighted by Crippen LogP contribution is -2.26. The number of thioether (sulfide) groups is 1. The smallest absolute Gasteiger partial charge is 0.325 e. The number of anilines is 2. The summed E-state index contributed by atoms with van der Waals surface area (Å²) in [6.45, 7) is 1.47. The summed E-state index contributed by atoms with van der Waals surface area (Å²) in [5, 5.41) is 19.8. The van der Waals surface area contributed by atoms with E-state index in [0.717, 1.165) is 23.9 Å². The first-order valence-corrected chi connectivity index (χ1v) is 8.35. The van der Waals surface area contributed by atoms with E-state index in [-0.39, 0.29) is 27.7 Å². The number of rotatable bonds is 4. The number of nitriles is 2. The van der Waals surface area contributed by atoms with Crippen molar-refractivity contribution in [1.82, 2.24) is 0 Å².